The molecule has 1 unspecified atom stereocenters. The molecule has 0 amide bonds. The molecular formula is C45H76O10. The van der Waals surface area contributed by atoms with Crippen LogP contribution in [0, 0.1) is 0 Å². The molecule has 0 bridgehead atoms. The Morgan fingerprint density at radius 2 is 1.07 bits per heavy atom. The molecule has 1 heterocycles. The minimum Gasteiger partial charge on any atom is -0.462 e. The molecule has 6 atom stereocenters. The number of unbranched alkanes of at least 4 members (excludes halogenated alkanes) is 13. The van der Waals surface area contributed by atoms with Crippen LogP contribution < -0.4 is 0 Å². The molecule has 0 radical (unpaired) electrons. The Kier molecular flexibility index (Phi) is 32.8. The van der Waals surface area contributed by atoms with Crippen LogP contribution in [0.1, 0.15) is 155 Å². The molecule has 316 valence electrons. The molecule has 4 N–H and O–H groups in total. The van der Waals surface area contributed by atoms with Crippen molar-refractivity contribution in [2.75, 3.05) is 19.8 Å². The summed E-state index contributed by atoms with van der Waals surface area (Å²) in [4.78, 5) is 25.3. The van der Waals surface area contributed by atoms with E-state index in [4.69, 9.17) is 18.9 Å². The SMILES string of the molecule is CC/C=C/C/C=C/C/C=C/CCCCCCCC(=O)OCC(CO[C@@H]1O[C@H](CO)[C@@H](O)[C@H](O)[C@H]1O)OC(=O)CCCCCCC/C=C/C/C=C/CCCCC. The van der Waals surface area contributed by atoms with Gasteiger partial charge in [-0.1, -0.05) is 126 Å². The van der Waals surface area contributed by atoms with E-state index in [9.17, 15) is 30.0 Å². The van der Waals surface area contributed by atoms with E-state index in [0.717, 1.165) is 96.3 Å². The quantitative estimate of drug-likeness (QED) is 0.0284. The number of ether oxygens (including phenoxy) is 4. The van der Waals surface area contributed by atoms with Gasteiger partial charge in [0.1, 0.15) is 31.0 Å². The third-order valence-corrected chi connectivity index (χ3v) is 9.39. The maximum atomic E-state index is 12.7. The Balaban J connectivity index is 2.38. The lowest BCUT2D eigenvalue weighted by atomic mass is 9.99. The van der Waals surface area contributed by atoms with Crippen molar-refractivity contribution in [3.63, 3.8) is 0 Å². The molecule has 1 fully saturated rings. The van der Waals surface area contributed by atoms with Gasteiger partial charge in [0.25, 0.3) is 0 Å². The molecule has 0 saturated carbocycles. The summed E-state index contributed by atoms with van der Waals surface area (Å²) >= 11 is 0. The van der Waals surface area contributed by atoms with E-state index in [1.54, 1.807) is 0 Å². The molecule has 1 aliphatic heterocycles. The van der Waals surface area contributed by atoms with Crippen molar-refractivity contribution in [3.8, 4) is 0 Å². The topological polar surface area (TPSA) is 152 Å². The minimum atomic E-state index is -1.60. The van der Waals surface area contributed by atoms with Gasteiger partial charge in [-0.05, 0) is 77.0 Å². The van der Waals surface area contributed by atoms with Crippen molar-refractivity contribution in [1.29, 1.82) is 0 Å². The van der Waals surface area contributed by atoms with Crippen molar-refractivity contribution in [1.82, 2.24) is 0 Å². The second kappa shape index (κ2) is 35.8. The Morgan fingerprint density at radius 3 is 1.62 bits per heavy atom. The molecule has 0 aromatic carbocycles. The summed E-state index contributed by atoms with van der Waals surface area (Å²) in [7, 11) is 0. The fourth-order valence-electron chi connectivity index (χ4n) is 6.00. The fraction of sp³-hybridized carbons (Fsp3) is 0.733. The number of rotatable bonds is 34. The first-order valence-corrected chi connectivity index (χ1v) is 21.4. The molecule has 1 saturated heterocycles. The van der Waals surface area contributed by atoms with E-state index in [1.165, 1.54) is 19.3 Å². The normalized spacial score (nSPS) is 21.2. The van der Waals surface area contributed by atoms with E-state index in [1.807, 2.05) is 0 Å². The van der Waals surface area contributed by atoms with Crippen LogP contribution in [0.4, 0.5) is 0 Å². The number of hydrogen-bond donors (Lipinski definition) is 4. The first kappa shape index (κ1) is 50.4. The van der Waals surface area contributed by atoms with Crippen molar-refractivity contribution >= 4 is 11.9 Å². The lowest BCUT2D eigenvalue weighted by Crippen LogP contribution is -2.59. The smallest absolute Gasteiger partial charge is 0.306 e. The number of esters is 2. The molecule has 0 aliphatic carbocycles. The highest BCUT2D eigenvalue weighted by Crippen LogP contribution is 2.22. The zero-order valence-corrected chi connectivity index (χ0v) is 34.2. The van der Waals surface area contributed by atoms with E-state index in [2.05, 4.69) is 74.6 Å². The third-order valence-electron chi connectivity index (χ3n) is 9.39. The van der Waals surface area contributed by atoms with Crippen LogP contribution in [0.2, 0.25) is 0 Å². The Morgan fingerprint density at radius 1 is 0.582 bits per heavy atom. The van der Waals surface area contributed by atoms with Crippen LogP contribution in [-0.2, 0) is 28.5 Å². The lowest BCUT2D eigenvalue weighted by molar-refractivity contribution is -0.305. The molecular weight excluding hydrogens is 700 g/mol. The van der Waals surface area contributed by atoms with Gasteiger partial charge < -0.3 is 39.4 Å². The number of carbonyl (C=O) groups excluding carboxylic acids is 2. The molecule has 10 nitrogen and oxygen atoms in total. The highest BCUT2D eigenvalue weighted by Gasteiger charge is 2.44. The summed E-state index contributed by atoms with van der Waals surface area (Å²) in [5.74, 6) is -0.848. The van der Waals surface area contributed by atoms with Gasteiger partial charge in [-0.15, -0.1) is 0 Å². The Hall–Kier alpha value is -2.60. The standard InChI is InChI=1S/C45H76O10/c1-3-5-7-9-11-13-15-17-19-21-23-25-27-29-31-33-40(47)52-36-38(37-53-45-44(51)43(50)42(49)39(35-46)55-45)54-41(48)34-32-30-28-26-24-22-20-18-16-14-12-10-8-6-4-2/h5,7,11-14,17-20,38-39,42-46,49-51H,3-4,6,8-10,15-16,21-37H2,1-2H3/b7-5+,13-11+,14-12+,19-17+,20-18+/t38?,39-,42-,43+,44-,45-/m1/s1. The third kappa shape index (κ3) is 27.6. The summed E-state index contributed by atoms with van der Waals surface area (Å²) < 4.78 is 22.1. The summed E-state index contributed by atoms with van der Waals surface area (Å²) in [6, 6.07) is 0. The van der Waals surface area contributed by atoms with Crippen molar-refractivity contribution < 1.29 is 49.0 Å². The number of hydrogen-bond acceptors (Lipinski definition) is 10. The maximum absolute atomic E-state index is 12.7. The number of aliphatic hydroxyl groups excluding tert-OH is 4. The second-order valence-corrected chi connectivity index (χ2v) is 14.4. The first-order chi connectivity index (χ1) is 26.8. The Labute approximate surface area is 332 Å². The van der Waals surface area contributed by atoms with Gasteiger partial charge in [-0.3, -0.25) is 9.59 Å². The molecule has 0 aromatic heterocycles. The maximum Gasteiger partial charge on any atom is 0.306 e. The minimum absolute atomic E-state index is 0.207. The summed E-state index contributed by atoms with van der Waals surface area (Å²) in [6.07, 6.45) is 35.1. The van der Waals surface area contributed by atoms with Crippen molar-refractivity contribution in [2.24, 2.45) is 0 Å². The number of carbonyl (C=O) groups is 2. The number of allylic oxidation sites excluding steroid dienone is 10. The molecule has 55 heavy (non-hydrogen) atoms. The molecule has 1 aliphatic rings. The van der Waals surface area contributed by atoms with Crippen LogP contribution >= 0.6 is 0 Å². The monoisotopic (exact) mass is 777 g/mol. The van der Waals surface area contributed by atoms with Crippen LogP contribution in [0.15, 0.2) is 60.8 Å². The first-order valence-electron chi connectivity index (χ1n) is 21.4. The van der Waals surface area contributed by atoms with Gasteiger partial charge in [0.05, 0.1) is 13.2 Å². The van der Waals surface area contributed by atoms with E-state index in [0.29, 0.717) is 12.8 Å². The predicted octanol–water partition coefficient (Wildman–Crippen LogP) is 8.66. The molecule has 10 heteroatoms. The summed E-state index contributed by atoms with van der Waals surface area (Å²) in [6.45, 7) is 3.23. The van der Waals surface area contributed by atoms with Crippen molar-refractivity contribution in [2.45, 2.75) is 192 Å². The largest absolute Gasteiger partial charge is 0.462 e. The van der Waals surface area contributed by atoms with Gasteiger partial charge in [-0.2, -0.15) is 0 Å². The van der Waals surface area contributed by atoms with E-state index < -0.39 is 55.4 Å². The van der Waals surface area contributed by atoms with Gasteiger partial charge in [-0.25, -0.2) is 0 Å². The molecule has 0 spiro atoms. The lowest BCUT2D eigenvalue weighted by Gasteiger charge is -2.39. The van der Waals surface area contributed by atoms with Crippen LogP contribution in [-0.4, -0.2) is 89.0 Å². The Bertz CT molecular complexity index is 1080. The summed E-state index contributed by atoms with van der Waals surface area (Å²) in [5.41, 5.74) is 0. The van der Waals surface area contributed by atoms with E-state index >= 15 is 0 Å². The predicted molar refractivity (Wildman–Crippen MR) is 219 cm³/mol. The van der Waals surface area contributed by atoms with Gasteiger partial charge in [0.2, 0.25) is 0 Å². The highest BCUT2D eigenvalue weighted by molar-refractivity contribution is 5.70. The average molecular weight is 777 g/mol. The average Bonchev–Trinajstić information content (AvgIpc) is 3.18. The van der Waals surface area contributed by atoms with E-state index in [-0.39, 0.29) is 26.1 Å². The van der Waals surface area contributed by atoms with Crippen LogP contribution in [0.5, 0.6) is 0 Å². The van der Waals surface area contributed by atoms with Gasteiger partial charge in [0.15, 0.2) is 12.4 Å². The highest BCUT2D eigenvalue weighted by atomic mass is 16.7. The second-order valence-electron chi connectivity index (χ2n) is 14.4. The zero-order valence-electron chi connectivity index (χ0n) is 34.2. The molecule has 0 aromatic rings. The van der Waals surface area contributed by atoms with Gasteiger partial charge >= 0.3 is 11.9 Å². The number of aliphatic hydroxyl groups is 4. The van der Waals surface area contributed by atoms with Crippen LogP contribution in [0.25, 0.3) is 0 Å². The van der Waals surface area contributed by atoms with Crippen LogP contribution in [0.3, 0.4) is 0 Å². The molecule has 1 rings (SSSR count). The summed E-state index contributed by atoms with van der Waals surface area (Å²) in [5, 5.41) is 40.0. The fourth-order valence-corrected chi connectivity index (χ4v) is 6.00. The van der Waals surface area contributed by atoms with Crippen molar-refractivity contribution in [3.05, 3.63) is 60.8 Å². The zero-order chi connectivity index (χ0) is 40.2. The van der Waals surface area contributed by atoms with Gasteiger partial charge in [0, 0.05) is 12.8 Å².